The number of rotatable bonds is 25. The van der Waals surface area contributed by atoms with Crippen molar-refractivity contribution in [2.75, 3.05) is 58.1 Å². The number of carbonyl (C=O) groups is 6. The van der Waals surface area contributed by atoms with Gasteiger partial charge in [0.05, 0.1) is 27.7 Å². The Morgan fingerprint density at radius 2 is 1.58 bits per heavy atom. The highest BCUT2D eigenvalue weighted by Gasteiger charge is 2.37. The molecule has 0 aromatic heterocycles. The van der Waals surface area contributed by atoms with E-state index in [1.165, 1.54) is 16.7 Å². The van der Waals surface area contributed by atoms with Gasteiger partial charge in [0.15, 0.2) is 11.6 Å². The van der Waals surface area contributed by atoms with Crippen molar-refractivity contribution in [3.63, 3.8) is 0 Å². The molecule has 1 N–H and O–H groups in total. The molecule has 1 fully saturated rings. The van der Waals surface area contributed by atoms with Gasteiger partial charge in [-0.05, 0) is 75.7 Å². The lowest BCUT2D eigenvalue weighted by molar-refractivity contribution is -0.138. The van der Waals surface area contributed by atoms with Crippen LogP contribution in [0.25, 0.3) is 0 Å². The zero-order valence-electron chi connectivity index (χ0n) is 33.9. The second-order valence-corrected chi connectivity index (χ2v) is 15.1. The van der Waals surface area contributed by atoms with Gasteiger partial charge in [0.2, 0.25) is 17.7 Å². The maximum Gasteiger partial charge on any atom is 0.242 e. The van der Waals surface area contributed by atoms with Gasteiger partial charge in [-0.1, -0.05) is 34.9 Å². The van der Waals surface area contributed by atoms with Crippen molar-refractivity contribution in [1.29, 1.82) is 0 Å². The van der Waals surface area contributed by atoms with Crippen LogP contribution in [0.15, 0.2) is 39.2 Å². The number of hydrogen-bond donors (Lipinski definition) is 1. The summed E-state index contributed by atoms with van der Waals surface area (Å²) in [5, 5.41) is 2.33. The molecule has 1 aliphatic heterocycles. The van der Waals surface area contributed by atoms with Crippen LogP contribution in [0.2, 0.25) is 0 Å². The van der Waals surface area contributed by atoms with Crippen LogP contribution in [0.3, 0.4) is 0 Å². The quantitative estimate of drug-likeness (QED) is 0.0561. The summed E-state index contributed by atoms with van der Waals surface area (Å²) in [5.74, 6) is 2.49. The molecule has 0 radical (unpaired) electrons. The first-order valence-corrected chi connectivity index (χ1v) is 20.9. The van der Waals surface area contributed by atoms with E-state index < -0.39 is 0 Å². The molecule has 52 heavy (non-hydrogen) atoms. The molecule has 1 aromatic carbocycles. The van der Waals surface area contributed by atoms with Crippen LogP contribution >= 0.6 is 33.3 Å². The van der Waals surface area contributed by atoms with E-state index >= 15 is 0 Å². The molecule has 1 aliphatic rings. The number of hydrogen-bond acceptors (Lipinski definition) is 13. The first-order valence-electron chi connectivity index (χ1n) is 19.0. The van der Waals surface area contributed by atoms with Gasteiger partial charge in [0.25, 0.3) is 0 Å². The summed E-state index contributed by atoms with van der Waals surface area (Å²) in [6.07, 6.45) is 7.77. The van der Waals surface area contributed by atoms with Gasteiger partial charge in [0, 0.05) is 77.7 Å². The second kappa shape index (κ2) is 31.2. The lowest BCUT2D eigenvalue weighted by atomic mass is 10.1. The van der Waals surface area contributed by atoms with Crippen LogP contribution < -0.4 is 10.1 Å². The number of nitrogens with one attached hydrogen (secondary N) is 1. The monoisotopic (exact) mass is 782 g/mol. The Kier molecular flexibility index (Phi) is 25.9. The maximum absolute atomic E-state index is 11.8. The molecule has 0 aliphatic carbocycles. The molecule has 1 saturated heterocycles. The minimum atomic E-state index is -0.216. The van der Waals surface area contributed by atoms with E-state index in [0.717, 1.165) is 67.6 Å². The zero-order valence-corrected chi connectivity index (χ0v) is 33.4. The second-order valence-electron chi connectivity index (χ2n) is 11.3. The van der Waals surface area contributed by atoms with Crippen molar-refractivity contribution in [3.8, 4) is 5.75 Å². The molecular weight excluding hydrogens is 723 g/mol. The summed E-state index contributed by atoms with van der Waals surface area (Å²) in [7, 11) is 4.84. The molecule has 0 bridgehead atoms. The third-order valence-electron chi connectivity index (χ3n) is 7.37. The SMILES string of the molecule is [2H]C=NCC(=O)CCCCCN1C(=O)CC(SC)C1=O.[2H]C=NCC(=O)CCSSCCC(=O)NC.[2H]CN=C(C)c1ccc(OCCCC(=O)CC)cc1. The molecule has 0 spiro atoms. The predicted molar refractivity (Wildman–Crippen MR) is 219 cm³/mol. The van der Waals surface area contributed by atoms with E-state index in [1.807, 2.05) is 44.4 Å². The standard InChI is InChI=1S/C15H21NO2.C13H20N2O3S.C9H16N2O2S2/c1-4-14(17)6-5-11-18-15-9-7-13(8-10-15)12(2)16-3;1-14-9-10(16)6-4-3-5-7-15-12(17)8-11(19-2)13(15)18;1-10-7-8(12)3-5-14-15-6-4-9(13)11-2/h7-10H,4-6,11H2,1-3H3;11H,1,3-9H2,2H3;1,3-7H2,2H3,(H,11,13)/i3D;2*1D. The minimum absolute atomic E-state index is 0.0178. The van der Waals surface area contributed by atoms with Crippen LogP contribution in [0.1, 0.15) is 87.7 Å². The van der Waals surface area contributed by atoms with Crippen LogP contribution in [-0.4, -0.2) is 122 Å². The number of Topliss-reactive ketones (excluding diaryl/α,β-unsaturated/α-hetero) is 3. The number of benzene rings is 1. The Morgan fingerprint density at radius 3 is 2.15 bits per heavy atom. The largest absolute Gasteiger partial charge is 0.494 e. The molecular formula is C37H57N5O7S3. The van der Waals surface area contributed by atoms with Gasteiger partial charge in [-0.15, -0.1) is 0 Å². The Labute approximate surface area is 326 Å². The van der Waals surface area contributed by atoms with Crippen LogP contribution in [-0.2, 0) is 28.8 Å². The Bertz CT molecular complexity index is 1400. The third kappa shape index (κ3) is 23.3. The fraction of sp³-hybridized carbons (Fsp3) is 0.595. The minimum Gasteiger partial charge on any atom is -0.494 e. The Morgan fingerprint density at radius 1 is 0.942 bits per heavy atom. The normalized spacial score (nSPS) is 14.9. The lowest BCUT2D eigenvalue weighted by Crippen LogP contribution is -2.32. The number of ketones is 3. The zero-order chi connectivity index (χ0) is 41.3. The maximum atomic E-state index is 11.8. The molecule has 290 valence electrons. The number of carbonyl (C=O) groups excluding carboxylic acids is 6. The number of imide groups is 1. The van der Waals surface area contributed by atoms with Gasteiger partial charge in [0.1, 0.15) is 11.5 Å². The van der Waals surface area contributed by atoms with E-state index in [1.54, 1.807) is 28.6 Å². The van der Waals surface area contributed by atoms with Crippen LogP contribution in [0.4, 0.5) is 0 Å². The number of ether oxygens (including phenoxy) is 1. The first kappa shape index (κ1) is 43.1. The van der Waals surface area contributed by atoms with E-state index in [2.05, 4.69) is 20.3 Å². The van der Waals surface area contributed by atoms with Crippen molar-refractivity contribution in [2.24, 2.45) is 15.0 Å². The smallest absolute Gasteiger partial charge is 0.242 e. The van der Waals surface area contributed by atoms with E-state index in [0.29, 0.717) is 51.7 Å². The lowest BCUT2D eigenvalue weighted by Gasteiger charge is -2.14. The summed E-state index contributed by atoms with van der Waals surface area (Å²) >= 11 is 1.42. The fourth-order valence-electron chi connectivity index (χ4n) is 4.25. The molecule has 1 atom stereocenters. The highest BCUT2D eigenvalue weighted by atomic mass is 33.1. The van der Waals surface area contributed by atoms with Crippen molar-refractivity contribution in [1.82, 2.24) is 10.2 Å². The highest BCUT2D eigenvalue weighted by molar-refractivity contribution is 8.76. The fourth-order valence-corrected chi connectivity index (χ4v) is 6.92. The van der Waals surface area contributed by atoms with Gasteiger partial charge < -0.3 is 10.1 Å². The molecule has 1 aromatic rings. The molecule has 1 unspecified atom stereocenters. The molecule has 2 rings (SSSR count). The van der Waals surface area contributed by atoms with Gasteiger partial charge >= 0.3 is 0 Å². The summed E-state index contributed by atoms with van der Waals surface area (Å²) in [6.45, 7) is 6.73. The van der Waals surface area contributed by atoms with E-state index in [4.69, 9.17) is 8.85 Å². The predicted octanol–water partition coefficient (Wildman–Crippen LogP) is 5.73. The van der Waals surface area contributed by atoms with Crippen molar-refractivity contribution in [2.45, 2.75) is 83.3 Å². The summed E-state index contributed by atoms with van der Waals surface area (Å²) < 4.78 is 25.9. The number of thioether (sulfide) groups is 1. The number of aliphatic imine (C=N–C) groups is 3. The summed E-state index contributed by atoms with van der Waals surface area (Å²) in [6, 6.07) is 7.64. The summed E-state index contributed by atoms with van der Waals surface area (Å²) in [4.78, 5) is 80.3. The molecule has 3 amide bonds. The Hall–Kier alpha value is -3.30. The molecule has 0 saturated carbocycles. The third-order valence-corrected chi connectivity index (χ3v) is 10.7. The molecule has 12 nitrogen and oxygen atoms in total. The average Bonchev–Trinajstić information content (AvgIpc) is 3.47. The van der Waals surface area contributed by atoms with Crippen LogP contribution in [0.5, 0.6) is 5.75 Å². The van der Waals surface area contributed by atoms with Gasteiger partial charge in [-0.25, -0.2) is 0 Å². The number of nitrogens with zero attached hydrogens (tertiary/aromatic N) is 4. The van der Waals surface area contributed by atoms with E-state index in [-0.39, 0.29) is 60.4 Å². The molecule has 1 heterocycles. The average molecular weight is 783 g/mol. The molecule has 15 heteroatoms. The van der Waals surface area contributed by atoms with Crippen molar-refractivity contribution < 1.29 is 37.6 Å². The van der Waals surface area contributed by atoms with E-state index in [9.17, 15) is 28.8 Å². The highest BCUT2D eigenvalue weighted by Crippen LogP contribution is 2.24. The number of unbranched alkanes of at least 4 members (excludes halogenated alkanes) is 2. The number of likely N-dealkylation sites (tertiary alicyclic amines) is 1. The van der Waals surface area contributed by atoms with Crippen molar-refractivity contribution in [3.05, 3.63) is 29.8 Å². The first-order chi connectivity index (χ1) is 26.5. The topological polar surface area (TPSA) is 164 Å². The van der Waals surface area contributed by atoms with Crippen LogP contribution in [0, 0.1) is 0 Å². The summed E-state index contributed by atoms with van der Waals surface area (Å²) in [5.41, 5.74) is 1.86. The van der Waals surface area contributed by atoms with Gasteiger partial charge in [-0.3, -0.25) is 48.6 Å². The van der Waals surface area contributed by atoms with Crippen molar-refractivity contribution >= 4 is 87.5 Å². The number of amides is 3. The Balaban J connectivity index is 0.000000801. The van der Waals surface area contributed by atoms with Gasteiger partial charge in [-0.2, -0.15) is 11.8 Å².